The Balaban J connectivity index is 1.47. The Morgan fingerprint density at radius 3 is 2.80 bits per heavy atom. The molecule has 2 heterocycles. The van der Waals surface area contributed by atoms with Crippen LogP contribution in [0.5, 0.6) is 11.5 Å². The van der Waals surface area contributed by atoms with Crippen LogP contribution >= 0.6 is 0 Å². The Hall–Kier alpha value is -3.98. The minimum Gasteiger partial charge on any atom is -0.454 e. The smallest absolute Gasteiger partial charge is 0.277 e. The predicted octanol–water partition coefficient (Wildman–Crippen LogP) is 4.45. The van der Waals surface area contributed by atoms with Gasteiger partial charge in [-0.1, -0.05) is 18.2 Å². The minimum absolute atomic E-state index is 0.0305. The number of hydrogen-bond acceptors (Lipinski definition) is 6. The van der Waals surface area contributed by atoms with E-state index < -0.39 is 17.6 Å². The predicted molar refractivity (Wildman–Crippen MR) is 132 cm³/mol. The number of hydrogen-bond donors (Lipinski definition) is 3. The van der Waals surface area contributed by atoms with Gasteiger partial charge in [0.1, 0.15) is 17.1 Å². The summed E-state index contributed by atoms with van der Waals surface area (Å²) in [5.41, 5.74) is 4.65. The molecule has 1 aliphatic heterocycles. The van der Waals surface area contributed by atoms with Gasteiger partial charge in [-0.05, 0) is 56.9 Å². The second-order valence-electron chi connectivity index (χ2n) is 8.06. The van der Waals surface area contributed by atoms with Crippen molar-refractivity contribution in [2.24, 2.45) is 0 Å². The summed E-state index contributed by atoms with van der Waals surface area (Å²) in [6.07, 6.45) is 12.0. The molecule has 2 amide bonds. The topological polar surface area (TPSA) is 95.6 Å². The number of hydrazine groups is 1. The number of amides is 2. The fourth-order valence-corrected chi connectivity index (χ4v) is 4.04. The Labute approximate surface area is 203 Å². The Bertz CT molecular complexity index is 1220. The van der Waals surface area contributed by atoms with E-state index in [4.69, 9.17) is 4.74 Å². The van der Waals surface area contributed by atoms with Crippen molar-refractivity contribution in [1.82, 2.24) is 15.4 Å². The van der Waals surface area contributed by atoms with E-state index in [1.807, 2.05) is 18.2 Å². The van der Waals surface area contributed by atoms with Crippen molar-refractivity contribution in [3.8, 4) is 11.5 Å². The highest BCUT2D eigenvalue weighted by Gasteiger charge is 2.26. The maximum atomic E-state index is 14.9. The molecule has 0 fully saturated rings. The van der Waals surface area contributed by atoms with Crippen molar-refractivity contribution in [2.45, 2.75) is 32.6 Å². The van der Waals surface area contributed by atoms with Gasteiger partial charge in [0.25, 0.3) is 11.8 Å². The summed E-state index contributed by atoms with van der Waals surface area (Å²) in [6.45, 7) is 2.45. The van der Waals surface area contributed by atoms with Crippen molar-refractivity contribution in [2.75, 3.05) is 24.2 Å². The van der Waals surface area contributed by atoms with Crippen LogP contribution in [0.1, 0.15) is 31.7 Å². The number of halogens is 1. The van der Waals surface area contributed by atoms with Crippen molar-refractivity contribution in [3.63, 3.8) is 0 Å². The van der Waals surface area contributed by atoms with E-state index in [2.05, 4.69) is 21.0 Å². The Kier molecular flexibility index (Phi) is 7.57. The van der Waals surface area contributed by atoms with Crippen LogP contribution in [0.2, 0.25) is 0 Å². The third kappa shape index (κ3) is 5.41. The molecule has 0 saturated carbocycles. The number of ether oxygens (including phenoxy) is 1. The Morgan fingerprint density at radius 2 is 2.09 bits per heavy atom. The van der Waals surface area contributed by atoms with Crippen LogP contribution in [-0.2, 0) is 16.0 Å². The van der Waals surface area contributed by atoms with Crippen LogP contribution in [-0.4, -0.2) is 35.4 Å². The average Bonchev–Trinajstić information content (AvgIpc) is 2.87. The van der Waals surface area contributed by atoms with Crippen LogP contribution < -0.4 is 20.8 Å². The summed E-state index contributed by atoms with van der Waals surface area (Å²) in [5, 5.41) is 7.17. The molecule has 4 rings (SSSR count). The zero-order valence-corrected chi connectivity index (χ0v) is 19.7. The van der Waals surface area contributed by atoms with Crippen molar-refractivity contribution < 1.29 is 18.7 Å². The van der Waals surface area contributed by atoms with E-state index in [-0.39, 0.29) is 17.0 Å². The molecule has 182 valence electrons. The highest BCUT2D eigenvalue weighted by atomic mass is 19.1. The molecule has 9 heteroatoms. The molecule has 2 aromatic rings. The third-order valence-electron chi connectivity index (χ3n) is 5.79. The highest BCUT2D eigenvalue weighted by Crippen LogP contribution is 2.34. The van der Waals surface area contributed by atoms with E-state index in [1.165, 1.54) is 29.3 Å². The van der Waals surface area contributed by atoms with Gasteiger partial charge >= 0.3 is 0 Å². The summed E-state index contributed by atoms with van der Waals surface area (Å²) in [7, 11) is 1.62. The van der Waals surface area contributed by atoms with E-state index >= 15 is 0 Å². The molecular formula is C26H28FN5O3. The lowest BCUT2D eigenvalue weighted by Gasteiger charge is -2.26. The van der Waals surface area contributed by atoms with Crippen LogP contribution in [0, 0.1) is 5.82 Å². The summed E-state index contributed by atoms with van der Waals surface area (Å²) >= 11 is 0. The van der Waals surface area contributed by atoms with Gasteiger partial charge in [0.2, 0.25) is 0 Å². The minimum atomic E-state index is -0.638. The number of fused-ring (bicyclic) bond motifs is 1. The maximum absolute atomic E-state index is 14.9. The lowest BCUT2D eigenvalue weighted by Crippen LogP contribution is -2.42. The zero-order valence-electron chi connectivity index (χ0n) is 19.7. The molecule has 0 radical (unpaired) electrons. The average molecular weight is 478 g/mol. The number of carbonyl (C=O) groups is 2. The summed E-state index contributed by atoms with van der Waals surface area (Å²) in [4.78, 5) is 30.2. The molecule has 0 bridgehead atoms. The SMILES string of the molecule is C/C=C(\C(=O)Nc1ccc(Oc2ccnc3c2CCCN3)c(F)c1)C(=O)N(NC)C1=CC=CCC1. The first kappa shape index (κ1) is 24.2. The first-order valence-corrected chi connectivity index (χ1v) is 11.6. The molecule has 0 atom stereocenters. The molecule has 35 heavy (non-hydrogen) atoms. The number of rotatable bonds is 7. The van der Waals surface area contributed by atoms with Gasteiger partial charge in [-0.2, -0.15) is 0 Å². The van der Waals surface area contributed by atoms with Crippen molar-refractivity contribution in [3.05, 3.63) is 77.4 Å². The van der Waals surface area contributed by atoms with Gasteiger partial charge < -0.3 is 15.4 Å². The van der Waals surface area contributed by atoms with Gasteiger partial charge in [0.15, 0.2) is 11.6 Å². The molecule has 2 aliphatic rings. The molecular weight excluding hydrogens is 449 g/mol. The first-order valence-electron chi connectivity index (χ1n) is 11.6. The number of anilines is 2. The van der Waals surface area contributed by atoms with Gasteiger partial charge in [-0.3, -0.25) is 9.59 Å². The lowest BCUT2D eigenvalue weighted by atomic mass is 10.1. The number of allylic oxidation sites excluding steroid dienone is 5. The molecule has 0 saturated heterocycles. The van der Waals surface area contributed by atoms with E-state index in [9.17, 15) is 14.0 Å². The van der Waals surface area contributed by atoms with Crippen molar-refractivity contribution in [1.29, 1.82) is 0 Å². The summed E-state index contributed by atoms with van der Waals surface area (Å²) in [5.74, 6) is -0.446. The number of pyridine rings is 1. The molecule has 1 aliphatic carbocycles. The van der Waals surface area contributed by atoms with Crippen LogP contribution in [0.25, 0.3) is 0 Å². The van der Waals surface area contributed by atoms with Gasteiger partial charge in [-0.15, -0.1) is 0 Å². The third-order valence-corrected chi connectivity index (χ3v) is 5.79. The van der Waals surface area contributed by atoms with E-state index in [1.54, 1.807) is 26.2 Å². The molecule has 3 N–H and O–H groups in total. The maximum Gasteiger partial charge on any atom is 0.277 e. The van der Waals surface area contributed by atoms with Gasteiger partial charge in [0, 0.05) is 42.8 Å². The quantitative estimate of drug-likeness (QED) is 0.236. The van der Waals surface area contributed by atoms with Gasteiger partial charge in [-0.25, -0.2) is 19.8 Å². The fraction of sp³-hybridized carbons (Fsp3) is 0.269. The van der Waals surface area contributed by atoms with E-state index in [0.29, 0.717) is 12.2 Å². The number of nitrogens with zero attached hydrogens (tertiary/aromatic N) is 2. The lowest BCUT2D eigenvalue weighted by molar-refractivity contribution is -0.129. The molecule has 0 spiro atoms. The molecule has 8 nitrogen and oxygen atoms in total. The largest absolute Gasteiger partial charge is 0.454 e. The number of aromatic nitrogens is 1. The highest BCUT2D eigenvalue weighted by molar-refractivity contribution is 6.22. The normalized spacial score (nSPS) is 14.9. The van der Waals surface area contributed by atoms with Crippen molar-refractivity contribution >= 4 is 23.3 Å². The van der Waals surface area contributed by atoms with Crippen LogP contribution in [0.3, 0.4) is 0 Å². The molecule has 1 aromatic heterocycles. The molecule has 1 aromatic carbocycles. The Morgan fingerprint density at radius 1 is 1.23 bits per heavy atom. The first-order chi connectivity index (χ1) is 17.0. The number of nitrogens with one attached hydrogen (secondary N) is 3. The van der Waals surface area contributed by atoms with Gasteiger partial charge in [0.05, 0.1) is 0 Å². The zero-order chi connectivity index (χ0) is 24.8. The number of carbonyl (C=O) groups excluding carboxylic acids is 2. The van der Waals surface area contributed by atoms with E-state index in [0.717, 1.165) is 42.9 Å². The standard InChI is InChI=1S/C26H28FN5O3/c1-3-19(26(34)32(28-2)18-8-5-4-6-9-18)25(33)31-17-11-12-23(21(27)16-17)35-22-13-15-30-24-20(22)10-7-14-29-24/h3-5,8,11-13,15-16,28H,6-7,9-10,14H2,1-2H3,(H,29,30)(H,31,33)/b19-3+. The summed E-state index contributed by atoms with van der Waals surface area (Å²) < 4.78 is 20.7. The number of benzene rings is 1. The second kappa shape index (κ2) is 11.0. The second-order valence-corrected chi connectivity index (χ2v) is 8.06. The summed E-state index contributed by atoms with van der Waals surface area (Å²) in [6, 6.07) is 5.85. The monoisotopic (exact) mass is 477 g/mol. The van der Waals surface area contributed by atoms with Crippen LogP contribution in [0.15, 0.2) is 66.0 Å². The van der Waals surface area contributed by atoms with Crippen LogP contribution in [0.4, 0.5) is 15.9 Å². The molecule has 0 unspecified atom stereocenters. The fourth-order valence-electron chi connectivity index (χ4n) is 4.04.